The zero-order valence-electron chi connectivity index (χ0n) is 16.5. The van der Waals surface area contributed by atoms with E-state index in [0.717, 1.165) is 10.8 Å². The number of nitrogens with zero attached hydrogens (tertiary/aromatic N) is 1. The Morgan fingerprint density at radius 2 is 1.78 bits per heavy atom. The van der Waals surface area contributed by atoms with E-state index in [9.17, 15) is 22.0 Å². The van der Waals surface area contributed by atoms with Crippen LogP contribution in [0.3, 0.4) is 0 Å². The Morgan fingerprint density at radius 3 is 2.47 bits per heavy atom. The highest BCUT2D eigenvalue weighted by Gasteiger charge is 2.20. The number of para-hydroxylation sites is 1. The third kappa shape index (κ3) is 4.31. The van der Waals surface area contributed by atoms with Crippen LogP contribution in [0, 0.1) is 18.6 Å². The lowest BCUT2D eigenvalue weighted by Crippen LogP contribution is -2.16. The number of carbonyl (C=O) groups excluding carboxylic acids is 1. The van der Waals surface area contributed by atoms with Gasteiger partial charge in [0.05, 0.1) is 15.3 Å². The summed E-state index contributed by atoms with van der Waals surface area (Å²) in [5.74, 6) is -2.79. The molecule has 0 saturated carbocycles. The van der Waals surface area contributed by atoms with E-state index >= 15 is 0 Å². The first-order valence-corrected chi connectivity index (χ1v) is 11.5. The van der Waals surface area contributed by atoms with Crippen LogP contribution in [0.4, 0.5) is 25.3 Å². The number of aryl methyl sites for hydroxylation is 1. The number of hydrogen-bond acceptors (Lipinski definition) is 6. The summed E-state index contributed by atoms with van der Waals surface area (Å²) in [5.41, 5.74) is 0.796. The molecule has 0 unspecified atom stereocenters. The van der Waals surface area contributed by atoms with E-state index in [2.05, 4.69) is 15.6 Å². The molecule has 0 aliphatic carbocycles. The van der Waals surface area contributed by atoms with E-state index in [1.165, 1.54) is 48.6 Å². The van der Waals surface area contributed by atoms with Crippen LogP contribution >= 0.6 is 11.3 Å². The second-order valence-corrected chi connectivity index (χ2v) is 9.47. The van der Waals surface area contributed by atoms with Crippen molar-refractivity contribution in [3.8, 4) is 0 Å². The van der Waals surface area contributed by atoms with Gasteiger partial charge in [0.2, 0.25) is 10.0 Å². The molecular formula is C21H16F2N4O3S2. The van der Waals surface area contributed by atoms with Gasteiger partial charge in [0.25, 0.3) is 5.91 Å². The second kappa shape index (κ2) is 8.26. The topological polar surface area (TPSA) is 114 Å². The Morgan fingerprint density at radius 1 is 1.06 bits per heavy atom. The maximum Gasteiger partial charge on any atom is 0.261 e. The van der Waals surface area contributed by atoms with Crippen molar-refractivity contribution in [2.24, 2.45) is 5.14 Å². The van der Waals surface area contributed by atoms with Crippen LogP contribution in [0.1, 0.15) is 15.9 Å². The summed E-state index contributed by atoms with van der Waals surface area (Å²) >= 11 is 1.28. The molecule has 11 heteroatoms. The maximum absolute atomic E-state index is 14.3. The van der Waals surface area contributed by atoms with Crippen LogP contribution in [0.15, 0.2) is 59.5 Å². The summed E-state index contributed by atoms with van der Waals surface area (Å²) in [7, 11) is -3.80. The van der Waals surface area contributed by atoms with Gasteiger partial charge in [0, 0.05) is 5.69 Å². The summed E-state index contributed by atoms with van der Waals surface area (Å²) in [6.07, 6.45) is 0. The predicted molar refractivity (Wildman–Crippen MR) is 120 cm³/mol. The second-order valence-electron chi connectivity index (χ2n) is 6.87. The Bertz CT molecular complexity index is 1450. The van der Waals surface area contributed by atoms with E-state index in [1.807, 2.05) is 0 Å². The minimum Gasteiger partial charge on any atom is -0.332 e. The number of anilines is 3. The van der Waals surface area contributed by atoms with E-state index in [-0.39, 0.29) is 10.5 Å². The van der Waals surface area contributed by atoms with Gasteiger partial charge in [-0.05, 0) is 55.0 Å². The number of nitrogens with two attached hydrogens (primary N) is 1. The van der Waals surface area contributed by atoms with E-state index < -0.39 is 33.1 Å². The number of fused-ring (bicyclic) bond motifs is 1. The van der Waals surface area contributed by atoms with Crippen LogP contribution in [-0.4, -0.2) is 19.3 Å². The molecule has 4 N–H and O–H groups in total. The number of sulfonamides is 1. The average Bonchev–Trinajstić information content (AvgIpc) is 3.14. The monoisotopic (exact) mass is 474 g/mol. The number of hydrogen-bond donors (Lipinski definition) is 3. The fraction of sp³-hybridized carbons (Fsp3) is 0.0476. The first-order valence-electron chi connectivity index (χ1n) is 9.19. The summed E-state index contributed by atoms with van der Waals surface area (Å²) in [6, 6.07) is 13.2. The quantitative estimate of drug-likeness (QED) is 0.393. The van der Waals surface area contributed by atoms with E-state index in [4.69, 9.17) is 5.14 Å². The first kappa shape index (κ1) is 21.8. The van der Waals surface area contributed by atoms with Gasteiger partial charge >= 0.3 is 0 Å². The molecule has 0 aliphatic heterocycles. The third-order valence-electron chi connectivity index (χ3n) is 4.61. The molecule has 4 rings (SSSR count). The molecule has 0 radical (unpaired) electrons. The highest BCUT2D eigenvalue weighted by molar-refractivity contribution is 7.89. The molecule has 1 aromatic heterocycles. The molecular weight excluding hydrogens is 458 g/mol. The van der Waals surface area contributed by atoms with Gasteiger partial charge in [-0.1, -0.05) is 23.5 Å². The molecule has 0 aliphatic rings. The van der Waals surface area contributed by atoms with Crippen LogP contribution in [0.5, 0.6) is 0 Å². The molecule has 0 bridgehead atoms. The molecule has 0 spiro atoms. The molecule has 1 amide bonds. The Balaban J connectivity index is 1.62. The summed E-state index contributed by atoms with van der Waals surface area (Å²) in [4.78, 5) is 17.0. The summed E-state index contributed by atoms with van der Waals surface area (Å²) in [5, 5.41) is 11.1. The maximum atomic E-state index is 14.3. The van der Waals surface area contributed by atoms with Crippen molar-refractivity contribution in [1.29, 1.82) is 0 Å². The Kier molecular flexibility index (Phi) is 5.63. The van der Waals surface area contributed by atoms with Gasteiger partial charge in [0.15, 0.2) is 5.13 Å². The zero-order chi connectivity index (χ0) is 23.0. The van der Waals surface area contributed by atoms with Crippen molar-refractivity contribution in [1.82, 2.24) is 4.98 Å². The number of primary sulfonamides is 1. The third-order valence-corrected chi connectivity index (χ3v) is 6.48. The fourth-order valence-corrected chi connectivity index (χ4v) is 4.43. The highest BCUT2D eigenvalue weighted by Crippen LogP contribution is 2.33. The molecule has 3 aromatic carbocycles. The highest BCUT2D eigenvalue weighted by atomic mass is 32.2. The number of nitrogens with one attached hydrogen (secondary N) is 2. The average molecular weight is 475 g/mol. The number of benzene rings is 3. The van der Waals surface area contributed by atoms with Gasteiger partial charge in [-0.25, -0.2) is 27.3 Å². The molecule has 1 heterocycles. The smallest absolute Gasteiger partial charge is 0.261 e. The molecule has 0 atom stereocenters. The van der Waals surface area contributed by atoms with Gasteiger partial charge in [-0.3, -0.25) is 4.79 Å². The Labute approximate surface area is 186 Å². The lowest BCUT2D eigenvalue weighted by atomic mass is 10.1. The number of amides is 1. The standard InChI is InChI=1S/C21H16F2N4O3S2/c1-11-5-10-14(22)17(18(11)23)20(28)26-15-3-2-4-16-19(15)27-21(31-16)25-12-6-8-13(9-7-12)32(24,29)30/h2-10H,1H3,(H,25,27)(H,26,28)(H2,24,29,30). The molecule has 32 heavy (non-hydrogen) atoms. The van der Waals surface area contributed by atoms with Crippen molar-refractivity contribution in [2.45, 2.75) is 11.8 Å². The zero-order valence-corrected chi connectivity index (χ0v) is 18.2. The summed E-state index contributed by atoms with van der Waals surface area (Å²) in [6.45, 7) is 1.44. The predicted octanol–water partition coefficient (Wildman–Crippen LogP) is 4.53. The normalized spacial score (nSPS) is 11.5. The lowest BCUT2D eigenvalue weighted by Gasteiger charge is -2.09. The van der Waals surface area contributed by atoms with E-state index in [1.54, 1.807) is 18.2 Å². The van der Waals surface area contributed by atoms with Crippen molar-refractivity contribution >= 4 is 54.0 Å². The number of aromatic nitrogens is 1. The number of rotatable bonds is 5. The molecule has 0 fully saturated rings. The van der Waals surface area contributed by atoms with Crippen LogP contribution in [0.25, 0.3) is 10.2 Å². The van der Waals surface area contributed by atoms with Crippen molar-refractivity contribution in [2.75, 3.05) is 10.6 Å². The van der Waals surface area contributed by atoms with E-state index in [0.29, 0.717) is 22.0 Å². The van der Waals surface area contributed by atoms with Crippen molar-refractivity contribution in [3.05, 3.63) is 77.4 Å². The van der Waals surface area contributed by atoms with Gasteiger partial charge in [-0.15, -0.1) is 0 Å². The lowest BCUT2D eigenvalue weighted by molar-refractivity contribution is 0.101. The van der Waals surface area contributed by atoms with Gasteiger partial charge in [-0.2, -0.15) is 0 Å². The van der Waals surface area contributed by atoms with Crippen LogP contribution in [0.2, 0.25) is 0 Å². The molecule has 4 aromatic rings. The minimum absolute atomic E-state index is 0.0204. The molecule has 7 nitrogen and oxygen atoms in total. The fourth-order valence-electron chi connectivity index (χ4n) is 3.00. The van der Waals surface area contributed by atoms with Crippen LogP contribution < -0.4 is 15.8 Å². The van der Waals surface area contributed by atoms with Crippen LogP contribution in [-0.2, 0) is 10.0 Å². The van der Waals surface area contributed by atoms with Crippen molar-refractivity contribution in [3.63, 3.8) is 0 Å². The Hall–Kier alpha value is -3.41. The summed E-state index contributed by atoms with van der Waals surface area (Å²) < 4.78 is 51.9. The molecule has 164 valence electrons. The van der Waals surface area contributed by atoms with Crippen molar-refractivity contribution < 1.29 is 22.0 Å². The number of thiazole rings is 1. The minimum atomic E-state index is -3.80. The number of carbonyl (C=O) groups is 1. The number of halogens is 2. The first-order chi connectivity index (χ1) is 15.1. The SMILES string of the molecule is Cc1ccc(F)c(C(=O)Nc2cccc3sc(Nc4ccc(S(N)(=O)=O)cc4)nc23)c1F. The molecule has 0 saturated heterocycles. The largest absolute Gasteiger partial charge is 0.332 e. The van der Waals surface area contributed by atoms with Gasteiger partial charge in [0.1, 0.15) is 22.7 Å². The van der Waals surface area contributed by atoms with Gasteiger partial charge < -0.3 is 10.6 Å².